The number of hydrogen-bond donors (Lipinski definition) is 0. The van der Waals surface area contributed by atoms with E-state index in [1.165, 1.54) is 22.3 Å². The van der Waals surface area contributed by atoms with Gasteiger partial charge in [-0.15, -0.1) is 0 Å². The van der Waals surface area contributed by atoms with Crippen LogP contribution >= 0.6 is 0 Å². The Morgan fingerprint density at radius 3 is 2.06 bits per heavy atom. The van der Waals surface area contributed by atoms with Gasteiger partial charge in [-0.05, 0) is 35.5 Å². The van der Waals surface area contributed by atoms with Crippen LogP contribution < -0.4 is 0 Å². The molecule has 0 saturated heterocycles. The van der Waals surface area contributed by atoms with Crippen molar-refractivity contribution in [1.82, 2.24) is 0 Å². The van der Waals surface area contributed by atoms with Crippen LogP contribution in [0.5, 0.6) is 0 Å². The molecule has 0 saturated carbocycles. The highest BCUT2D eigenvalue weighted by Gasteiger charge is 2.28. The van der Waals surface area contributed by atoms with E-state index in [0.717, 1.165) is 13.0 Å². The van der Waals surface area contributed by atoms with Crippen LogP contribution in [0.3, 0.4) is 0 Å². The van der Waals surface area contributed by atoms with Crippen molar-refractivity contribution in [1.29, 1.82) is 0 Å². The number of ether oxygens (including phenoxy) is 2. The fourth-order valence-corrected chi connectivity index (χ4v) is 2.28. The van der Waals surface area contributed by atoms with E-state index < -0.39 is 0 Å². The number of hydrogen-bond acceptors (Lipinski definition) is 2. The lowest BCUT2D eigenvalue weighted by molar-refractivity contribution is 0.222. The van der Waals surface area contributed by atoms with E-state index in [1.54, 1.807) is 14.2 Å². The second kappa shape index (κ2) is 5.15. The van der Waals surface area contributed by atoms with E-state index in [1.807, 2.05) is 0 Å². The molecule has 0 aromatic rings. The third-order valence-electron chi connectivity index (χ3n) is 3.25. The van der Waals surface area contributed by atoms with Gasteiger partial charge in [-0.1, -0.05) is 26.3 Å². The molecule has 0 fully saturated rings. The van der Waals surface area contributed by atoms with Gasteiger partial charge in [0.05, 0.1) is 13.2 Å². The zero-order valence-corrected chi connectivity index (χ0v) is 11.4. The van der Waals surface area contributed by atoms with Crippen molar-refractivity contribution in [3.63, 3.8) is 0 Å². The predicted molar refractivity (Wildman–Crippen MR) is 67.6 cm³/mol. The average molecular weight is 224 g/mol. The molecule has 1 aliphatic carbocycles. The summed E-state index contributed by atoms with van der Waals surface area (Å²) in [5.41, 5.74) is 5.86. The first-order valence-electron chi connectivity index (χ1n) is 5.81. The zero-order valence-electron chi connectivity index (χ0n) is 11.4. The second-order valence-corrected chi connectivity index (χ2v) is 5.48. The van der Waals surface area contributed by atoms with Crippen LogP contribution in [-0.2, 0) is 9.47 Å². The summed E-state index contributed by atoms with van der Waals surface area (Å²) in [5.74, 6) is 0. The van der Waals surface area contributed by atoms with Gasteiger partial charge in [0.2, 0.25) is 0 Å². The van der Waals surface area contributed by atoms with Crippen molar-refractivity contribution in [2.45, 2.75) is 34.1 Å². The molecule has 0 radical (unpaired) electrons. The Kier molecular flexibility index (Phi) is 4.34. The molecule has 0 amide bonds. The van der Waals surface area contributed by atoms with E-state index >= 15 is 0 Å². The summed E-state index contributed by atoms with van der Waals surface area (Å²) in [6, 6.07) is 0. The maximum absolute atomic E-state index is 5.32. The highest BCUT2D eigenvalue weighted by atomic mass is 16.5. The van der Waals surface area contributed by atoms with Crippen molar-refractivity contribution < 1.29 is 9.47 Å². The molecule has 0 heterocycles. The molecule has 0 aliphatic heterocycles. The van der Waals surface area contributed by atoms with Crippen molar-refractivity contribution in [2.75, 3.05) is 27.4 Å². The highest BCUT2D eigenvalue weighted by Crippen LogP contribution is 2.41. The first kappa shape index (κ1) is 13.5. The molecule has 0 unspecified atom stereocenters. The minimum atomic E-state index is 0.213. The monoisotopic (exact) mass is 224 g/mol. The maximum atomic E-state index is 5.32. The Bertz CT molecular complexity index is 316. The Morgan fingerprint density at radius 1 is 1.06 bits per heavy atom. The van der Waals surface area contributed by atoms with E-state index in [-0.39, 0.29) is 5.41 Å². The third-order valence-corrected chi connectivity index (χ3v) is 3.25. The van der Waals surface area contributed by atoms with E-state index in [9.17, 15) is 0 Å². The van der Waals surface area contributed by atoms with Crippen LogP contribution in [0.2, 0.25) is 0 Å². The van der Waals surface area contributed by atoms with Crippen LogP contribution in [0.1, 0.15) is 34.1 Å². The van der Waals surface area contributed by atoms with Crippen molar-refractivity contribution in [2.24, 2.45) is 5.41 Å². The largest absolute Gasteiger partial charge is 0.380 e. The third kappa shape index (κ3) is 2.74. The number of rotatable bonds is 4. The Hall–Kier alpha value is -0.600. The minimum Gasteiger partial charge on any atom is -0.380 e. The molecule has 0 N–H and O–H groups in total. The van der Waals surface area contributed by atoms with Gasteiger partial charge in [0, 0.05) is 14.2 Å². The summed E-state index contributed by atoms with van der Waals surface area (Å²) in [4.78, 5) is 0. The molecule has 0 aromatic carbocycles. The smallest absolute Gasteiger partial charge is 0.0715 e. The van der Waals surface area contributed by atoms with Gasteiger partial charge >= 0.3 is 0 Å². The summed E-state index contributed by atoms with van der Waals surface area (Å²) in [7, 11) is 3.51. The molecule has 1 rings (SSSR count). The first-order chi connectivity index (χ1) is 7.41. The number of methoxy groups -OCH3 is 2. The maximum Gasteiger partial charge on any atom is 0.0715 e. The lowest BCUT2D eigenvalue weighted by atomic mass is 9.83. The Morgan fingerprint density at radius 2 is 1.62 bits per heavy atom. The minimum absolute atomic E-state index is 0.213. The molecule has 2 heteroatoms. The van der Waals surface area contributed by atoms with Gasteiger partial charge in [0.15, 0.2) is 0 Å². The predicted octanol–water partition coefficient (Wildman–Crippen LogP) is 3.34. The highest BCUT2D eigenvalue weighted by molar-refractivity contribution is 5.48. The SMILES string of the molecule is COCC1=C(C)C(COC)=C(C(C)(C)C)C1. The normalized spacial score (nSPS) is 17.6. The first-order valence-corrected chi connectivity index (χ1v) is 5.81. The van der Waals surface area contributed by atoms with Crippen LogP contribution in [-0.4, -0.2) is 27.4 Å². The lowest BCUT2D eigenvalue weighted by Gasteiger charge is -2.23. The van der Waals surface area contributed by atoms with Crippen molar-refractivity contribution in [3.8, 4) is 0 Å². The summed E-state index contributed by atoms with van der Waals surface area (Å²) < 4.78 is 10.6. The molecular formula is C14H24O2. The van der Waals surface area contributed by atoms with Crippen molar-refractivity contribution in [3.05, 3.63) is 22.3 Å². The molecule has 1 aliphatic rings. The van der Waals surface area contributed by atoms with E-state index in [2.05, 4.69) is 27.7 Å². The Balaban J connectivity index is 3.01. The summed E-state index contributed by atoms with van der Waals surface area (Å²) in [6.45, 7) is 10.4. The molecule has 0 aromatic heterocycles. The van der Waals surface area contributed by atoms with Gasteiger partial charge < -0.3 is 9.47 Å². The molecule has 2 nitrogen and oxygen atoms in total. The standard InChI is InChI=1S/C14H24O2/c1-10-11(8-15-5)7-13(14(2,3)4)12(10)9-16-6/h7-9H2,1-6H3. The molecule has 0 atom stereocenters. The van der Waals surface area contributed by atoms with Gasteiger partial charge in [0.1, 0.15) is 0 Å². The van der Waals surface area contributed by atoms with Crippen molar-refractivity contribution >= 4 is 0 Å². The zero-order chi connectivity index (χ0) is 12.3. The van der Waals surface area contributed by atoms with Gasteiger partial charge in [-0.3, -0.25) is 0 Å². The summed E-state index contributed by atoms with van der Waals surface area (Å²) in [6.07, 6.45) is 1.04. The summed E-state index contributed by atoms with van der Waals surface area (Å²) in [5, 5.41) is 0. The van der Waals surface area contributed by atoms with E-state index in [4.69, 9.17) is 9.47 Å². The fourth-order valence-electron chi connectivity index (χ4n) is 2.28. The van der Waals surface area contributed by atoms with Gasteiger partial charge in [-0.25, -0.2) is 0 Å². The molecule has 92 valence electrons. The molecule has 0 spiro atoms. The molecule has 16 heavy (non-hydrogen) atoms. The van der Waals surface area contributed by atoms with Crippen LogP contribution in [0.4, 0.5) is 0 Å². The Labute approximate surface area is 99.3 Å². The van der Waals surface area contributed by atoms with Gasteiger partial charge in [-0.2, -0.15) is 0 Å². The fraction of sp³-hybridized carbons (Fsp3) is 0.714. The molecule has 0 bridgehead atoms. The van der Waals surface area contributed by atoms with Crippen LogP contribution in [0, 0.1) is 5.41 Å². The van der Waals surface area contributed by atoms with Crippen LogP contribution in [0.25, 0.3) is 0 Å². The lowest BCUT2D eigenvalue weighted by Crippen LogP contribution is -2.12. The van der Waals surface area contributed by atoms with Gasteiger partial charge in [0.25, 0.3) is 0 Å². The topological polar surface area (TPSA) is 18.5 Å². The quantitative estimate of drug-likeness (QED) is 0.729. The summed E-state index contributed by atoms with van der Waals surface area (Å²) >= 11 is 0. The van der Waals surface area contributed by atoms with Crippen LogP contribution in [0.15, 0.2) is 22.3 Å². The number of allylic oxidation sites excluding steroid dienone is 1. The van der Waals surface area contributed by atoms with E-state index in [0.29, 0.717) is 6.61 Å². The average Bonchev–Trinajstić information content (AvgIpc) is 2.47. The second-order valence-electron chi connectivity index (χ2n) is 5.48. The molecular weight excluding hydrogens is 200 g/mol.